The third-order valence-corrected chi connectivity index (χ3v) is 3.58. The van der Waals surface area contributed by atoms with Crippen molar-refractivity contribution in [2.75, 3.05) is 12.4 Å². The number of fused-ring (bicyclic) bond motifs is 3. The molecule has 1 saturated carbocycles. The van der Waals surface area contributed by atoms with Crippen molar-refractivity contribution >= 4 is 23.5 Å². The van der Waals surface area contributed by atoms with Crippen LogP contribution in [0.25, 0.3) is 0 Å². The van der Waals surface area contributed by atoms with Gasteiger partial charge in [0.05, 0.1) is 0 Å². The van der Waals surface area contributed by atoms with E-state index in [1.54, 1.807) is 4.90 Å². The van der Waals surface area contributed by atoms with E-state index >= 15 is 0 Å². The monoisotopic (exact) mass is 230 g/mol. The van der Waals surface area contributed by atoms with Crippen LogP contribution in [0.2, 0.25) is 0 Å². The molecule has 2 heterocycles. The SMILES string of the molecule is O=C(CCl)NC(=O)N1CC2CCC1CC2. The van der Waals surface area contributed by atoms with Crippen LogP contribution in [0.3, 0.4) is 0 Å². The van der Waals surface area contributed by atoms with Crippen LogP contribution >= 0.6 is 11.6 Å². The van der Waals surface area contributed by atoms with Gasteiger partial charge in [0.1, 0.15) is 5.88 Å². The van der Waals surface area contributed by atoms with Crippen molar-refractivity contribution in [1.29, 1.82) is 0 Å². The van der Waals surface area contributed by atoms with Gasteiger partial charge in [-0.05, 0) is 31.6 Å². The van der Waals surface area contributed by atoms with Crippen LogP contribution in [0.1, 0.15) is 25.7 Å². The van der Waals surface area contributed by atoms with Crippen molar-refractivity contribution in [2.24, 2.45) is 5.92 Å². The number of hydrogen-bond acceptors (Lipinski definition) is 2. The highest BCUT2D eigenvalue weighted by molar-refractivity contribution is 6.28. The highest BCUT2D eigenvalue weighted by Gasteiger charge is 2.36. The first-order valence-electron chi connectivity index (χ1n) is 5.37. The summed E-state index contributed by atoms with van der Waals surface area (Å²) in [6, 6.07) is 0.0631. The third-order valence-electron chi connectivity index (χ3n) is 3.34. The van der Waals surface area contributed by atoms with Crippen LogP contribution in [0.5, 0.6) is 0 Å². The normalized spacial score (nSPS) is 29.0. The Morgan fingerprint density at radius 3 is 2.40 bits per heavy atom. The molecule has 0 atom stereocenters. The van der Waals surface area contributed by atoms with E-state index in [2.05, 4.69) is 5.32 Å². The van der Waals surface area contributed by atoms with Crippen LogP contribution in [-0.2, 0) is 4.79 Å². The summed E-state index contributed by atoms with van der Waals surface area (Å²) in [7, 11) is 0. The van der Waals surface area contributed by atoms with Gasteiger partial charge in [-0.15, -0.1) is 11.6 Å². The fourth-order valence-corrected chi connectivity index (χ4v) is 2.61. The molecule has 4 nitrogen and oxygen atoms in total. The lowest BCUT2D eigenvalue weighted by molar-refractivity contribution is -0.117. The molecule has 3 fully saturated rings. The molecule has 2 saturated heterocycles. The Morgan fingerprint density at radius 1 is 1.27 bits per heavy atom. The van der Waals surface area contributed by atoms with E-state index in [9.17, 15) is 9.59 Å². The molecule has 84 valence electrons. The quantitative estimate of drug-likeness (QED) is 0.691. The summed E-state index contributed by atoms with van der Waals surface area (Å²) in [6.45, 7) is 0.798. The van der Waals surface area contributed by atoms with E-state index in [1.165, 1.54) is 12.8 Å². The van der Waals surface area contributed by atoms with E-state index in [-0.39, 0.29) is 11.9 Å². The minimum absolute atomic E-state index is 0.159. The maximum atomic E-state index is 11.7. The molecule has 0 radical (unpaired) electrons. The number of amides is 3. The van der Waals surface area contributed by atoms with Gasteiger partial charge in [0.25, 0.3) is 0 Å². The first kappa shape index (κ1) is 10.7. The maximum absolute atomic E-state index is 11.7. The van der Waals surface area contributed by atoms with Crippen LogP contribution in [0.15, 0.2) is 0 Å². The van der Waals surface area contributed by atoms with Gasteiger partial charge < -0.3 is 4.90 Å². The van der Waals surface area contributed by atoms with E-state index in [0.717, 1.165) is 19.4 Å². The van der Waals surface area contributed by atoms with Crippen molar-refractivity contribution in [2.45, 2.75) is 31.7 Å². The Hall–Kier alpha value is -0.770. The van der Waals surface area contributed by atoms with Crippen molar-refractivity contribution < 1.29 is 9.59 Å². The second-order valence-corrected chi connectivity index (χ2v) is 4.58. The first-order chi connectivity index (χ1) is 7.20. The average molecular weight is 231 g/mol. The zero-order chi connectivity index (χ0) is 10.8. The van der Waals surface area contributed by atoms with Gasteiger partial charge in [0.15, 0.2) is 0 Å². The zero-order valence-electron chi connectivity index (χ0n) is 8.54. The molecule has 2 bridgehead atoms. The lowest BCUT2D eigenvalue weighted by atomic mass is 9.80. The van der Waals surface area contributed by atoms with Gasteiger partial charge in [-0.3, -0.25) is 10.1 Å². The van der Waals surface area contributed by atoms with Crippen molar-refractivity contribution in [3.8, 4) is 0 Å². The molecule has 0 aromatic heterocycles. The lowest BCUT2D eigenvalue weighted by Gasteiger charge is -2.44. The number of nitrogens with one attached hydrogen (secondary N) is 1. The number of carbonyl (C=O) groups excluding carboxylic acids is 2. The van der Waals surface area contributed by atoms with Crippen molar-refractivity contribution in [1.82, 2.24) is 10.2 Å². The fourth-order valence-electron chi connectivity index (χ4n) is 2.54. The number of halogens is 1. The van der Waals surface area contributed by atoms with E-state index < -0.39 is 5.91 Å². The summed E-state index contributed by atoms with van der Waals surface area (Å²) in [4.78, 5) is 24.5. The number of alkyl halides is 1. The molecule has 0 aromatic carbocycles. The topological polar surface area (TPSA) is 49.4 Å². The van der Waals surface area contributed by atoms with Gasteiger partial charge in [-0.2, -0.15) is 0 Å². The summed E-state index contributed by atoms with van der Waals surface area (Å²) in [5.41, 5.74) is 0. The van der Waals surface area contributed by atoms with Crippen molar-refractivity contribution in [3.63, 3.8) is 0 Å². The van der Waals surface area contributed by atoms with Crippen LogP contribution in [0.4, 0.5) is 4.79 Å². The smallest absolute Gasteiger partial charge is 0.321 e. The fraction of sp³-hybridized carbons (Fsp3) is 0.800. The molecular formula is C10H15ClN2O2. The van der Waals surface area contributed by atoms with Crippen molar-refractivity contribution in [3.05, 3.63) is 0 Å². The molecule has 0 spiro atoms. The number of piperidine rings is 2. The Balaban J connectivity index is 1.93. The molecule has 3 amide bonds. The van der Waals surface area contributed by atoms with E-state index in [0.29, 0.717) is 12.0 Å². The van der Waals surface area contributed by atoms with Gasteiger partial charge in [-0.25, -0.2) is 4.79 Å². The zero-order valence-corrected chi connectivity index (χ0v) is 9.29. The number of nitrogens with zero attached hydrogens (tertiary/aromatic N) is 1. The summed E-state index contributed by atoms with van der Waals surface area (Å²) >= 11 is 5.33. The molecule has 5 heteroatoms. The highest BCUT2D eigenvalue weighted by atomic mass is 35.5. The molecule has 3 aliphatic rings. The largest absolute Gasteiger partial charge is 0.324 e. The predicted octanol–water partition coefficient (Wildman–Crippen LogP) is 1.34. The molecule has 0 unspecified atom stereocenters. The van der Waals surface area contributed by atoms with Gasteiger partial charge in [0, 0.05) is 12.6 Å². The second-order valence-electron chi connectivity index (χ2n) is 4.31. The molecule has 3 rings (SSSR count). The Morgan fingerprint density at radius 2 is 1.93 bits per heavy atom. The molecule has 2 aliphatic heterocycles. The number of carbonyl (C=O) groups is 2. The summed E-state index contributed by atoms with van der Waals surface area (Å²) in [6.07, 6.45) is 4.59. The maximum Gasteiger partial charge on any atom is 0.324 e. The summed E-state index contributed by atoms with van der Waals surface area (Å²) in [5.74, 6) is 0.0585. The van der Waals surface area contributed by atoms with E-state index in [1.807, 2.05) is 0 Å². The predicted molar refractivity (Wildman–Crippen MR) is 56.7 cm³/mol. The Kier molecular flexibility index (Phi) is 3.14. The summed E-state index contributed by atoms with van der Waals surface area (Å²) in [5, 5.41) is 2.30. The standard InChI is InChI=1S/C10H15ClN2O2/c11-5-9(14)12-10(15)13-6-7-1-3-8(13)4-2-7/h7-8H,1-6H2,(H,12,14,15). The lowest BCUT2D eigenvalue weighted by Crippen LogP contribution is -2.55. The Labute approximate surface area is 93.9 Å². The number of hydrogen-bond donors (Lipinski definition) is 1. The molecule has 1 N–H and O–H groups in total. The number of imide groups is 1. The first-order valence-corrected chi connectivity index (χ1v) is 5.90. The van der Waals surface area contributed by atoms with Gasteiger partial charge in [0.2, 0.25) is 5.91 Å². The van der Waals surface area contributed by atoms with Gasteiger partial charge >= 0.3 is 6.03 Å². The second kappa shape index (κ2) is 4.39. The number of urea groups is 1. The van der Waals surface area contributed by atoms with Crippen LogP contribution < -0.4 is 5.32 Å². The number of rotatable bonds is 1. The molecule has 1 aliphatic carbocycles. The molecule has 15 heavy (non-hydrogen) atoms. The third kappa shape index (κ3) is 2.25. The highest BCUT2D eigenvalue weighted by Crippen LogP contribution is 2.34. The molecule has 0 aromatic rings. The average Bonchev–Trinajstić information content (AvgIpc) is 2.30. The minimum atomic E-state index is -0.414. The van der Waals surface area contributed by atoms with Crippen LogP contribution in [0, 0.1) is 5.92 Å². The van der Waals surface area contributed by atoms with Crippen LogP contribution in [-0.4, -0.2) is 35.3 Å². The molecular weight excluding hydrogens is 216 g/mol. The van der Waals surface area contributed by atoms with Gasteiger partial charge in [-0.1, -0.05) is 0 Å². The van der Waals surface area contributed by atoms with E-state index in [4.69, 9.17) is 11.6 Å². The minimum Gasteiger partial charge on any atom is -0.321 e. The Bertz CT molecular complexity index is 275. The summed E-state index contributed by atoms with van der Waals surface area (Å²) < 4.78 is 0.